The number of ether oxygens (including phenoxy) is 1. The molecule has 1 aliphatic heterocycles. The molecule has 94 valence electrons. The molecule has 1 aliphatic rings. The van der Waals surface area contributed by atoms with E-state index in [-0.39, 0.29) is 0 Å². The van der Waals surface area contributed by atoms with Crippen molar-refractivity contribution in [2.75, 3.05) is 38.3 Å². The molecule has 2 rings (SSSR count). The fourth-order valence-corrected chi connectivity index (χ4v) is 2.07. The normalized spacial score (nSPS) is 16.2. The van der Waals surface area contributed by atoms with Crippen molar-refractivity contribution in [1.29, 1.82) is 0 Å². The van der Waals surface area contributed by atoms with Crippen LogP contribution in [0.1, 0.15) is 11.1 Å². The molecule has 0 radical (unpaired) electrons. The average Bonchev–Trinajstić information content (AvgIpc) is 2.38. The summed E-state index contributed by atoms with van der Waals surface area (Å²) in [5.74, 6) is 0. The van der Waals surface area contributed by atoms with Crippen LogP contribution in [0.15, 0.2) is 18.2 Å². The first-order valence-corrected chi connectivity index (χ1v) is 5.99. The van der Waals surface area contributed by atoms with Gasteiger partial charge in [0, 0.05) is 25.3 Å². The summed E-state index contributed by atoms with van der Waals surface area (Å²) in [7, 11) is 1.64. The molecule has 1 fully saturated rings. The van der Waals surface area contributed by atoms with Gasteiger partial charge in [0.05, 0.1) is 20.3 Å². The molecule has 0 spiro atoms. The van der Waals surface area contributed by atoms with Crippen molar-refractivity contribution in [3.8, 4) is 0 Å². The fourth-order valence-electron chi connectivity index (χ4n) is 2.07. The number of rotatable bonds is 4. The molecule has 0 atom stereocenters. The summed E-state index contributed by atoms with van der Waals surface area (Å²) < 4.78 is 5.39. The summed E-state index contributed by atoms with van der Waals surface area (Å²) in [5, 5.41) is 0. The van der Waals surface area contributed by atoms with Gasteiger partial charge in [-0.1, -0.05) is 12.1 Å². The van der Waals surface area contributed by atoms with Crippen LogP contribution in [0.25, 0.3) is 0 Å². The molecule has 0 saturated carbocycles. The standard InChI is InChI=1S/C13H20N2O2/c1-11-3-4-12(10-14-16-2)13(9-11)15-5-7-17-8-6-15/h3-4,9,14H,5-8,10H2,1-2H3. The van der Waals surface area contributed by atoms with E-state index in [2.05, 4.69) is 35.5 Å². The maximum Gasteiger partial charge on any atom is 0.0642 e. The van der Waals surface area contributed by atoms with E-state index in [1.165, 1.54) is 16.8 Å². The van der Waals surface area contributed by atoms with E-state index in [9.17, 15) is 0 Å². The molecule has 1 aromatic carbocycles. The van der Waals surface area contributed by atoms with Crippen LogP contribution in [0.4, 0.5) is 5.69 Å². The lowest BCUT2D eigenvalue weighted by Crippen LogP contribution is -2.37. The van der Waals surface area contributed by atoms with Crippen molar-refractivity contribution in [3.63, 3.8) is 0 Å². The van der Waals surface area contributed by atoms with E-state index in [0.717, 1.165) is 32.8 Å². The zero-order chi connectivity index (χ0) is 12.1. The summed E-state index contributed by atoms with van der Waals surface area (Å²) in [5.41, 5.74) is 6.74. The number of hydrogen-bond acceptors (Lipinski definition) is 4. The van der Waals surface area contributed by atoms with Crippen LogP contribution in [0.5, 0.6) is 0 Å². The summed E-state index contributed by atoms with van der Waals surface area (Å²) in [6.07, 6.45) is 0. The summed E-state index contributed by atoms with van der Waals surface area (Å²) in [6.45, 7) is 6.39. The highest BCUT2D eigenvalue weighted by Crippen LogP contribution is 2.23. The molecule has 1 saturated heterocycles. The van der Waals surface area contributed by atoms with E-state index in [1.54, 1.807) is 7.11 Å². The Balaban J connectivity index is 2.19. The largest absolute Gasteiger partial charge is 0.378 e. The van der Waals surface area contributed by atoms with Gasteiger partial charge in [-0.3, -0.25) is 0 Å². The highest BCUT2D eigenvalue weighted by molar-refractivity contribution is 5.55. The third-order valence-corrected chi connectivity index (χ3v) is 3.00. The van der Waals surface area contributed by atoms with Crippen molar-refractivity contribution in [2.45, 2.75) is 13.5 Å². The third-order valence-electron chi connectivity index (χ3n) is 3.00. The number of benzene rings is 1. The fraction of sp³-hybridized carbons (Fsp3) is 0.538. The predicted molar refractivity (Wildman–Crippen MR) is 68.1 cm³/mol. The predicted octanol–water partition coefficient (Wildman–Crippen LogP) is 1.48. The second-order valence-electron chi connectivity index (χ2n) is 4.26. The molecule has 4 nitrogen and oxygen atoms in total. The number of morpholine rings is 1. The molecule has 0 amide bonds. The number of hydrogen-bond donors (Lipinski definition) is 1. The lowest BCUT2D eigenvalue weighted by molar-refractivity contribution is 0.0866. The Morgan fingerprint density at radius 3 is 2.82 bits per heavy atom. The molecule has 1 N–H and O–H groups in total. The van der Waals surface area contributed by atoms with Gasteiger partial charge in [0.2, 0.25) is 0 Å². The van der Waals surface area contributed by atoms with Gasteiger partial charge in [-0.05, 0) is 24.1 Å². The monoisotopic (exact) mass is 236 g/mol. The molecule has 0 aromatic heterocycles. The highest BCUT2D eigenvalue weighted by Gasteiger charge is 2.14. The third kappa shape index (κ3) is 3.19. The minimum absolute atomic E-state index is 0.726. The van der Waals surface area contributed by atoms with Crippen LogP contribution >= 0.6 is 0 Å². The van der Waals surface area contributed by atoms with Gasteiger partial charge in [0.25, 0.3) is 0 Å². The van der Waals surface area contributed by atoms with Gasteiger partial charge in [-0.2, -0.15) is 5.48 Å². The van der Waals surface area contributed by atoms with Crippen LogP contribution in [-0.2, 0) is 16.1 Å². The minimum atomic E-state index is 0.726. The maximum atomic E-state index is 5.39. The lowest BCUT2D eigenvalue weighted by Gasteiger charge is -2.31. The second-order valence-corrected chi connectivity index (χ2v) is 4.26. The average molecular weight is 236 g/mol. The molecule has 4 heteroatoms. The SMILES string of the molecule is CONCc1ccc(C)cc1N1CCOCC1. The molecule has 1 aromatic rings. The van der Waals surface area contributed by atoms with E-state index in [1.807, 2.05) is 0 Å². The van der Waals surface area contributed by atoms with Crippen molar-refractivity contribution < 1.29 is 9.57 Å². The van der Waals surface area contributed by atoms with Crippen LogP contribution < -0.4 is 10.4 Å². The van der Waals surface area contributed by atoms with Gasteiger partial charge < -0.3 is 14.5 Å². The number of anilines is 1. The highest BCUT2D eigenvalue weighted by atomic mass is 16.6. The van der Waals surface area contributed by atoms with E-state index < -0.39 is 0 Å². The molecule has 0 aliphatic carbocycles. The Kier molecular flexibility index (Phi) is 4.36. The first kappa shape index (κ1) is 12.4. The number of hydroxylamine groups is 1. The zero-order valence-electron chi connectivity index (χ0n) is 10.5. The van der Waals surface area contributed by atoms with Crippen molar-refractivity contribution in [2.24, 2.45) is 0 Å². The molecule has 0 bridgehead atoms. The zero-order valence-corrected chi connectivity index (χ0v) is 10.5. The summed E-state index contributed by atoms with van der Waals surface area (Å²) >= 11 is 0. The number of nitrogens with one attached hydrogen (secondary N) is 1. The van der Waals surface area contributed by atoms with Crippen molar-refractivity contribution in [3.05, 3.63) is 29.3 Å². The molecule has 0 unspecified atom stereocenters. The Labute approximate surface area is 102 Å². The van der Waals surface area contributed by atoms with Crippen LogP contribution in [0.2, 0.25) is 0 Å². The Morgan fingerprint density at radius 1 is 1.35 bits per heavy atom. The maximum absolute atomic E-state index is 5.39. The molecule has 17 heavy (non-hydrogen) atoms. The first-order valence-electron chi connectivity index (χ1n) is 5.99. The Hall–Kier alpha value is -1.10. The van der Waals surface area contributed by atoms with Gasteiger partial charge in [0.15, 0.2) is 0 Å². The Bertz CT molecular complexity index is 362. The van der Waals surface area contributed by atoms with E-state index in [0.29, 0.717) is 0 Å². The van der Waals surface area contributed by atoms with Gasteiger partial charge in [-0.25, -0.2) is 0 Å². The van der Waals surface area contributed by atoms with Gasteiger partial charge >= 0.3 is 0 Å². The molecule has 1 heterocycles. The topological polar surface area (TPSA) is 33.7 Å². The molecular formula is C13H20N2O2. The number of nitrogens with zero attached hydrogens (tertiary/aromatic N) is 1. The van der Waals surface area contributed by atoms with Crippen molar-refractivity contribution in [1.82, 2.24) is 5.48 Å². The Morgan fingerprint density at radius 2 is 2.12 bits per heavy atom. The lowest BCUT2D eigenvalue weighted by atomic mass is 10.1. The van der Waals surface area contributed by atoms with Crippen LogP contribution in [-0.4, -0.2) is 33.4 Å². The number of aryl methyl sites for hydroxylation is 1. The minimum Gasteiger partial charge on any atom is -0.378 e. The van der Waals surface area contributed by atoms with E-state index >= 15 is 0 Å². The second kappa shape index (κ2) is 6.00. The summed E-state index contributed by atoms with van der Waals surface area (Å²) in [6, 6.07) is 6.53. The summed E-state index contributed by atoms with van der Waals surface area (Å²) in [4.78, 5) is 7.30. The van der Waals surface area contributed by atoms with Crippen molar-refractivity contribution >= 4 is 5.69 Å². The quantitative estimate of drug-likeness (QED) is 0.803. The van der Waals surface area contributed by atoms with E-state index in [4.69, 9.17) is 9.57 Å². The van der Waals surface area contributed by atoms with Gasteiger partial charge in [-0.15, -0.1) is 0 Å². The van der Waals surface area contributed by atoms with Crippen LogP contribution in [0, 0.1) is 6.92 Å². The van der Waals surface area contributed by atoms with Gasteiger partial charge in [0.1, 0.15) is 0 Å². The van der Waals surface area contributed by atoms with Crippen LogP contribution in [0.3, 0.4) is 0 Å². The first-order chi connectivity index (χ1) is 8.31. The molecular weight excluding hydrogens is 216 g/mol. The smallest absolute Gasteiger partial charge is 0.0642 e.